The van der Waals surface area contributed by atoms with Gasteiger partial charge < -0.3 is 18.9 Å². The van der Waals surface area contributed by atoms with Crippen LogP contribution in [0.5, 0.6) is 11.5 Å². The van der Waals surface area contributed by atoms with E-state index in [9.17, 15) is 0 Å². The van der Waals surface area contributed by atoms with E-state index in [2.05, 4.69) is 98.6 Å². The summed E-state index contributed by atoms with van der Waals surface area (Å²) in [6.07, 6.45) is 6.11. The lowest BCUT2D eigenvalue weighted by Gasteiger charge is -2.38. The molecule has 0 radical (unpaired) electrons. The minimum absolute atomic E-state index is 0.180. The van der Waals surface area contributed by atoms with Crippen LogP contribution in [0.25, 0.3) is 0 Å². The normalized spacial score (nSPS) is 19.4. The van der Waals surface area contributed by atoms with Gasteiger partial charge in [0.1, 0.15) is 36.9 Å². The maximum absolute atomic E-state index is 6.15. The van der Waals surface area contributed by atoms with Crippen LogP contribution in [0.15, 0.2) is 91.6 Å². The average molecular weight is 595 g/mol. The summed E-state index contributed by atoms with van der Waals surface area (Å²) in [6, 6.07) is 19.2. The number of benzene rings is 3. The van der Waals surface area contributed by atoms with Gasteiger partial charge in [-0.2, -0.15) is 0 Å². The molecule has 2 fully saturated rings. The van der Waals surface area contributed by atoms with Crippen LogP contribution in [-0.2, 0) is 14.9 Å². The Morgan fingerprint density at radius 2 is 1.23 bits per heavy atom. The molecule has 202 valence electrons. The molecule has 2 aliphatic rings. The van der Waals surface area contributed by atoms with E-state index in [1.807, 2.05) is 18.2 Å². The van der Waals surface area contributed by atoms with Crippen molar-refractivity contribution in [2.45, 2.75) is 17.6 Å². The molecule has 39 heavy (non-hydrogen) atoms. The molecular weight excluding hydrogens is 560 g/mol. The zero-order valence-electron chi connectivity index (χ0n) is 21.8. The summed E-state index contributed by atoms with van der Waals surface area (Å²) in [6.45, 7) is 11.1. The monoisotopic (exact) mass is 594 g/mol. The van der Waals surface area contributed by atoms with Crippen LogP contribution in [0, 0.1) is 0 Å². The van der Waals surface area contributed by atoms with Crippen molar-refractivity contribution in [2.75, 3.05) is 26.4 Å². The second-order valence-corrected chi connectivity index (χ2v) is 12.2. The lowest BCUT2D eigenvalue weighted by atomic mass is 9.65. The third-order valence-electron chi connectivity index (χ3n) is 6.91. The van der Waals surface area contributed by atoms with E-state index in [0.717, 1.165) is 68.2 Å². The number of allylic oxidation sites excluding steroid dienone is 4. The standard InChI is InChI=1S/C31H34O4P4/c1-3-4-8-19(2)31(20-9-6-5-7-10-20,21-11-25(36)29(26(37)12-21)34-17-23-15-32-23)22-13-27(38)30(28(39)14-22)35-18-24-16-33-24/h3-14,23-24H,1-2,15-18,36-39H2/b8-4-. The van der Waals surface area contributed by atoms with Crippen molar-refractivity contribution >= 4 is 58.2 Å². The number of epoxide rings is 2. The Morgan fingerprint density at radius 3 is 1.62 bits per heavy atom. The lowest BCUT2D eigenvalue weighted by Crippen LogP contribution is -2.34. The highest BCUT2D eigenvalue weighted by atomic mass is 31.0. The Labute approximate surface area is 240 Å². The van der Waals surface area contributed by atoms with E-state index in [0.29, 0.717) is 13.2 Å². The van der Waals surface area contributed by atoms with E-state index >= 15 is 0 Å². The fourth-order valence-electron chi connectivity index (χ4n) is 4.85. The molecule has 0 bridgehead atoms. The van der Waals surface area contributed by atoms with Gasteiger partial charge in [-0.15, -0.1) is 37.0 Å². The molecule has 2 aliphatic heterocycles. The Hall–Kier alpha value is -1.88. The molecule has 6 unspecified atom stereocenters. The minimum Gasteiger partial charge on any atom is -0.489 e. The van der Waals surface area contributed by atoms with Gasteiger partial charge in [0.2, 0.25) is 0 Å². The molecular formula is C31H34O4P4. The predicted molar refractivity (Wildman–Crippen MR) is 176 cm³/mol. The van der Waals surface area contributed by atoms with Crippen LogP contribution in [-0.4, -0.2) is 38.6 Å². The van der Waals surface area contributed by atoms with Crippen molar-refractivity contribution in [3.05, 3.63) is 108 Å². The van der Waals surface area contributed by atoms with Gasteiger partial charge in [-0.1, -0.05) is 61.7 Å². The highest BCUT2D eigenvalue weighted by Gasteiger charge is 2.40. The minimum atomic E-state index is -0.704. The highest BCUT2D eigenvalue weighted by Crippen LogP contribution is 2.46. The van der Waals surface area contributed by atoms with Gasteiger partial charge in [-0.3, -0.25) is 0 Å². The zero-order valence-corrected chi connectivity index (χ0v) is 26.4. The first-order valence-corrected chi connectivity index (χ1v) is 15.1. The summed E-state index contributed by atoms with van der Waals surface area (Å²) >= 11 is 0. The van der Waals surface area contributed by atoms with Crippen molar-refractivity contribution in [1.82, 2.24) is 0 Å². The van der Waals surface area contributed by atoms with Crippen molar-refractivity contribution in [3.63, 3.8) is 0 Å². The second kappa shape index (κ2) is 12.3. The van der Waals surface area contributed by atoms with Gasteiger partial charge in [-0.25, -0.2) is 0 Å². The van der Waals surface area contributed by atoms with E-state index in [1.54, 1.807) is 6.08 Å². The molecule has 0 aliphatic carbocycles. The van der Waals surface area contributed by atoms with Crippen molar-refractivity contribution in [2.24, 2.45) is 0 Å². The maximum atomic E-state index is 6.15. The van der Waals surface area contributed by atoms with Gasteiger partial charge in [0.15, 0.2) is 0 Å². The predicted octanol–water partition coefficient (Wildman–Crippen LogP) is 3.88. The molecule has 0 spiro atoms. The first kappa shape index (κ1) is 28.6. The van der Waals surface area contributed by atoms with Crippen molar-refractivity contribution in [3.8, 4) is 11.5 Å². The number of hydrogen-bond acceptors (Lipinski definition) is 4. The van der Waals surface area contributed by atoms with Crippen molar-refractivity contribution < 1.29 is 18.9 Å². The molecule has 4 nitrogen and oxygen atoms in total. The molecule has 6 atom stereocenters. The maximum Gasteiger partial charge on any atom is 0.133 e. The molecule has 3 aromatic rings. The number of ether oxygens (including phenoxy) is 4. The van der Waals surface area contributed by atoms with Gasteiger partial charge in [0, 0.05) is 21.2 Å². The molecule has 3 aromatic carbocycles. The van der Waals surface area contributed by atoms with E-state index in [4.69, 9.17) is 18.9 Å². The van der Waals surface area contributed by atoms with Crippen LogP contribution in [0.3, 0.4) is 0 Å². The second-order valence-electron chi connectivity index (χ2n) is 9.74. The first-order valence-electron chi connectivity index (χ1n) is 12.8. The Morgan fingerprint density at radius 1 is 0.795 bits per heavy atom. The largest absolute Gasteiger partial charge is 0.489 e. The van der Waals surface area contributed by atoms with Gasteiger partial charge in [-0.05, 0) is 46.5 Å². The molecule has 0 aromatic heterocycles. The highest BCUT2D eigenvalue weighted by molar-refractivity contribution is 7.30. The first-order chi connectivity index (χ1) is 18.8. The van der Waals surface area contributed by atoms with E-state index in [-0.39, 0.29) is 12.2 Å². The molecule has 5 rings (SSSR count). The summed E-state index contributed by atoms with van der Waals surface area (Å²) in [5.74, 6) is 1.67. The molecule has 0 saturated carbocycles. The summed E-state index contributed by atoms with van der Waals surface area (Å²) in [4.78, 5) is 0. The van der Waals surface area contributed by atoms with E-state index < -0.39 is 5.41 Å². The van der Waals surface area contributed by atoms with Gasteiger partial charge in [0.05, 0.1) is 18.6 Å². The van der Waals surface area contributed by atoms with Crippen LogP contribution >= 0.6 is 37.0 Å². The molecule has 0 amide bonds. The van der Waals surface area contributed by atoms with Crippen LogP contribution in [0.1, 0.15) is 16.7 Å². The fourth-order valence-corrected chi connectivity index (χ4v) is 6.90. The van der Waals surface area contributed by atoms with Crippen LogP contribution in [0.4, 0.5) is 0 Å². The SMILES string of the molecule is C=C/C=C\C(=C)C(c1ccccc1)(c1cc(P)c(OCC2CO2)c(P)c1)c1cc(P)c(OCC2CO2)c(P)c1. The summed E-state index contributed by atoms with van der Waals surface area (Å²) < 4.78 is 23.0. The number of rotatable bonds is 12. The van der Waals surface area contributed by atoms with Gasteiger partial charge >= 0.3 is 0 Å². The smallest absolute Gasteiger partial charge is 0.133 e. The zero-order chi connectivity index (χ0) is 27.6. The summed E-state index contributed by atoms with van der Waals surface area (Å²) in [5.41, 5.74) is 3.46. The third kappa shape index (κ3) is 6.24. The Kier molecular flexibility index (Phi) is 9.05. The van der Waals surface area contributed by atoms with Gasteiger partial charge in [0.25, 0.3) is 0 Å². The number of hydrogen-bond donors (Lipinski definition) is 0. The van der Waals surface area contributed by atoms with Crippen LogP contribution < -0.4 is 30.7 Å². The molecule has 0 N–H and O–H groups in total. The molecule has 2 saturated heterocycles. The molecule has 2 heterocycles. The third-order valence-corrected chi connectivity index (χ3v) is 8.63. The van der Waals surface area contributed by atoms with Crippen molar-refractivity contribution in [1.29, 1.82) is 0 Å². The molecule has 8 heteroatoms. The fraction of sp³-hybridized carbons (Fsp3) is 0.226. The quantitative estimate of drug-likeness (QED) is 0.138. The average Bonchev–Trinajstić information content (AvgIpc) is 3.83. The summed E-state index contributed by atoms with van der Waals surface area (Å²) in [5, 5.41) is 3.89. The van der Waals surface area contributed by atoms with E-state index in [1.165, 1.54) is 0 Å². The Bertz CT molecular complexity index is 1290. The lowest BCUT2D eigenvalue weighted by molar-refractivity contribution is 0.266. The summed E-state index contributed by atoms with van der Waals surface area (Å²) in [7, 11) is 11.4. The Balaban J connectivity index is 1.71. The van der Waals surface area contributed by atoms with Crippen LogP contribution in [0.2, 0.25) is 0 Å². The topological polar surface area (TPSA) is 43.5 Å².